The van der Waals surface area contributed by atoms with E-state index < -0.39 is 5.97 Å². The van der Waals surface area contributed by atoms with E-state index in [9.17, 15) is 9.59 Å². The van der Waals surface area contributed by atoms with Gasteiger partial charge in [-0.25, -0.2) is 4.79 Å². The number of hydrogen-bond acceptors (Lipinski definition) is 3. The summed E-state index contributed by atoms with van der Waals surface area (Å²) >= 11 is 0. The van der Waals surface area contributed by atoms with Gasteiger partial charge in [-0.3, -0.25) is 4.79 Å². The Morgan fingerprint density at radius 1 is 1.26 bits per heavy atom. The molecule has 2 unspecified atom stereocenters. The van der Waals surface area contributed by atoms with E-state index in [0.29, 0.717) is 13.1 Å². The van der Waals surface area contributed by atoms with E-state index in [4.69, 9.17) is 9.84 Å². The van der Waals surface area contributed by atoms with Gasteiger partial charge in [-0.15, -0.1) is 0 Å². The van der Waals surface area contributed by atoms with Crippen molar-refractivity contribution < 1.29 is 19.4 Å². The largest absolute Gasteiger partial charge is 0.481 e. The Balaban J connectivity index is 1.82. The molecular formula is C13H22N2O4. The average Bonchev–Trinajstić information content (AvgIpc) is 2.89. The van der Waals surface area contributed by atoms with E-state index in [1.54, 1.807) is 4.90 Å². The molecule has 0 aromatic carbocycles. The van der Waals surface area contributed by atoms with Gasteiger partial charge in [-0.1, -0.05) is 0 Å². The lowest BCUT2D eigenvalue weighted by Gasteiger charge is -2.35. The maximum Gasteiger partial charge on any atom is 0.317 e. The van der Waals surface area contributed by atoms with Crippen LogP contribution < -0.4 is 5.32 Å². The van der Waals surface area contributed by atoms with E-state index in [-0.39, 0.29) is 24.6 Å². The Kier molecular flexibility index (Phi) is 5.01. The van der Waals surface area contributed by atoms with Crippen LogP contribution in [0.25, 0.3) is 0 Å². The standard InChI is InChI=1S/C13H22N2O4/c16-12(17)8-10-4-1-2-6-15(10)13(18)14-9-11-5-3-7-19-11/h10-11H,1-9H2,(H,14,18)(H,16,17). The first kappa shape index (κ1) is 14.1. The second kappa shape index (κ2) is 6.75. The van der Waals surface area contributed by atoms with Gasteiger partial charge in [-0.05, 0) is 32.1 Å². The number of carbonyl (C=O) groups is 2. The van der Waals surface area contributed by atoms with Crippen molar-refractivity contribution in [2.75, 3.05) is 19.7 Å². The summed E-state index contributed by atoms with van der Waals surface area (Å²) in [5, 5.41) is 11.8. The lowest BCUT2D eigenvalue weighted by Crippen LogP contribution is -2.50. The molecule has 0 bridgehead atoms. The first-order valence-electron chi connectivity index (χ1n) is 7.04. The van der Waals surface area contributed by atoms with E-state index in [1.165, 1.54) is 0 Å². The maximum atomic E-state index is 12.1. The van der Waals surface area contributed by atoms with E-state index in [2.05, 4.69) is 5.32 Å². The minimum atomic E-state index is -0.844. The highest BCUT2D eigenvalue weighted by molar-refractivity contribution is 5.76. The zero-order chi connectivity index (χ0) is 13.7. The third-order valence-corrected chi connectivity index (χ3v) is 3.80. The van der Waals surface area contributed by atoms with Gasteiger partial charge >= 0.3 is 12.0 Å². The van der Waals surface area contributed by atoms with Crippen LogP contribution in [0.3, 0.4) is 0 Å². The fourth-order valence-corrected chi connectivity index (χ4v) is 2.79. The smallest absolute Gasteiger partial charge is 0.317 e. The number of carbonyl (C=O) groups excluding carboxylic acids is 1. The van der Waals surface area contributed by atoms with Crippen LogP contribution in [-0.2, 0) is 9.53 Å². The second-order valence-corrected chi connectivity index (χ2v) is 5.26. The molecule has 0 aromatic rings. The Bertz CT molecular complexity index is 329. The van der Waals surface area contributed by atoms with Gasteiger partial charge < -0.3 is 20.1 Å². The van der Waals surface area contributed by atoms with Crippen molar-refractivity contribution in [1.29, 1.82) is 0 Å². The zero-order valence-corrected chi connectivity index (χ0v) is 11.1. The van der Waals surface area contributed by atoms with Crippen molar-refractivity contribution in [3.05, 3.63) is 0 Å². The molecule has 2 heterocycles. The number of nitrogens with one attached hydrogen (secondary N) is 1. The number of carboxylic acids is 1. The zero-order valence-electron chi connectivity index (χ0n) is 11.1. The third-order valence-electron chi connectivity index (χ3n) is 3.80. The fourth-order valence-electron chi connectivity index (χ4n) is 2.79. The highest BCUT2D eigenvalue weighted by Crippen LogP contribution is 2.20. The van der Waals surface area contributed by atoms with Crippen LogP contribution >= 0.6 is 0 Å². The fraction of sp³-hybridized carbons (Fsp3) is 0.846. The van der Waals surface area contributed by atoms with Gasteiger partial charge in [0.1, 0.15) is 0 Å². The quantitative estimate of drug-likeness (QED) is 0.804. The molecule has 6 heteroatoms. The van der Waals surface area contributed by atoms with Crippen LogP contribution in [0.5, 0.6) is 0 Å². The molecule has 0 saturated carbocycles. The van der Waals surface area contributed by atoms with E-state index in [1.807, 2.05) is 0 Å². The summed E-state index contributed by atoms with van der Waals surface area (Å²) in [5.41, 5.74) is 0. The first-order chi connectivity index (χ1) is 9.16. The van der Waals surface area contributed by atoms with Crippen molar-refractivity contribution >= 4 is 12.0 Å². The minimum Gasteiger partial charge on any atom is -0.481 e. The second-order valence-electron chi connectivity index (χ2n) is 5.26. The molecular weight excluding hydrogens is 248 g/mol. The number of likely N-dealkylation sites (tertiary alicyclic amines) is 1. The molecule has 0 radical (unpaired) electrons. The molecule has 2 rings (SSSR count). The van der Waals surface area contributed by atoms with Crippen molar-refractivity contribution in [2.24, 2.45) is 0 Å². The predicted octanol–water partition coefficient (Wildman–Crippen LogP) is 1.20. The molecule has 2 N–H and O–H groups in total. The lowest BCUT2D eigenvalue weighted by molar-refractivity contribution is -0.138. The number of piperidine rings is 1. The average molecular weight is 270 g/mol. The molecule has 2 atom stereocenters. The molecule has 19 heavy (non-hydrogen) atoms. The molecule has 2 amide bonds. The van der Waals surface area contributed by atoms with Gasteiger partial charge in [0, 0.05) is 25.7 Å². The number of rotatable bonds is 4. The number of urea groups is 1. The number of hydrogen-bond donors (Lipinski definition) is 2. The summed E-state index contributed by atoms with van der Waals surface area (Å²) in [5.74, 6) is -0.844. The molecule has 2 saturated heterocycles. The molecule has 2 aliphatic heterocycles. The predicted molar refractivity (Wildman–Crippen MR) is 69.0 cm³/mol. The molecule has 6 nitrogen and oxygen atoms in total. The third kappa shape index (κ3) is 4.09. The molecule has 2 fully saturated rings. The van der Waals surface area contributed by atoms with Gasteiger partial charge in [0.2, 0.25) is 0 Å². The number of amides is 2. The number of carboxylic acid groups (broad SMARTS) is 1. The topological polar surface area (TPSA) is 78.9 Å². The number of nitrogens with zero attached hydrogens (tertiary/aromatic N) is 1. The monoisotopic (exact) mass is 270 g/mol. The normalized spacial score (nSPS) is 27.3. The molecule has 0 aromatic heterocycles. The van der Waals surface area contributed by atoms with Gasteiger partial charge in [0.05, 0.1) is 12.5 Å². The molecule has 2 aliphatic rings. The Morgan fingerprint density at radius 3 is 2.79 bits per heavy atom. The van der Waals surface area contributed by atoms with Crippen molar-refractivity contribution in [3.63, 3.8) is 0 Å². The highest BCUT2D eigenvalue weighted by Gasteiger charge is 2.28. The van der Waals surface area contributed by atoms with Gasteiger partial charge in [0.15, 0.2) is 0 Å². The SMILES string of the molecule is O=C(O)CC1CCCCN1C(=O)NCC1CCCO1. The van der Waals surface area contributed by atoms with Crippen molar-refractivity contribution in [1.82, 2.24) is 10.2 Å². The Labute approximate surface area is 113 Å². The Hall–Kier alpha value is -1.30. The first-order valence-corrected chi connectivity index (χ1v) is 7.04. The molecule has 0 spiro atoms. The van der Waals surface area contributed by atoms with Gasteiger partial charge in [-0.2, -0.15) is 0 Å². The lowest BCUT2D eigenvalue weighted by atomic mass is 10.00. The van der Waals surface area contributed by atoms with E-state index >= 15 is 0 Å². The summed E-state index contributed by atoms with van der Waals surface area (Å²) in [4.78, 5) is 24.6. The Morgan fingerprint density at radius 2 is 2.11 bits per heavy atom. The van der Waals surface area contributed by atoms with Crippen LogP contribution in [0.4, 0.5) is 4.79 Å². The molecule has 0 aliphatic carbocycles. The highest BCUT2D eigenvalue weighted by atomic mass is 16.5. The molecule has 108 valence electrons. The number of aliphatic carboxylic acids is 1. The maximum absolute atomic E-state index is 12.1. The minimum absolute atomic E-state index is 0.0351. The summed E-state index contributed by atoms with van der Waals surface area (Å²) in [7, 11) is 0. The summed E-state index contributed by atoms with van der Waals surface area (Å²) in [6, 6.07) is -0.322. The van der Waals surface area contributed by atoms with Crippen LogP contribution in [-0.4, -0.2) is 53.8 Å². The van der Waals surface area contributed by atoms with Crippen LogP contribution in [0.2, 0.25) is 0 Å². The van der Waals surface area contributed by atoms with Crippen molar-refractivity contribution in [2.45, 2.75) is 50.7 Å². The van der Waals surface area contributed by atoms with E-state index in [0.717, 1.165) is 38.7 Å². The van der Waals surface area contributed by atoms with Crippen molar-refractivity contribution in [3.8, 4) is 0 Å². The van der Waals surface area contributed by atoms with Crippen LogP contribution in [0.1, 0.15) is 38.5 Å². The van der Waals surface area contributed by atoms with Gasteiger partial charge in [0.25, 0.3) is 0 Å². The summed E-state index contributed by atoms with van der Waals surface area (Å²) in [6.07, 6.45) is 4.90. The summed E-state index contributed by atoms with van der Waals surface area (Å²) < 4.78 is 5.45. The van der Waals surface area contributed by atoms with Crippen LogP contribution in [0, 0.1) is 0 Å². The number of ether oxygens (including phenoxy) is 1. The van der Waals surface area contributed by atoms with Crippen LogP contribution in [0.15, 0.2) is 0 Å². The summed E-state index contributed by atoms with van der Waals surface area (Å²) in [6.45, 7) is 1.94.